The van der Waals surface area contributed by atoms with Gasteiger partial charge < -0.3 is 4.52 Å². The van der Waals surface area contributed by atoms with E-state index < -0.39 is 10.0 Å². The first-order valence-electron chi connectivity index (χ1n) is 6.47. The van der Waals surface area contributed by atoms with Gasteiger partial charge in [0.15, 0.2) is 5.82 Å². The van der Waals surface area contributed by atoms with Crippen LogP contribution in [0.3, 0.4) is 0 Å². The molecule has 0 aromatic carbocycles. The molecule has 3 fully saturated rings. The summed E-state index contributed by atoms with van der Waals surface area (Å²) in [6.07, 6.45) is 3.92. The van der Waals surface area contributed by atoms with E-state index in [1.54, 1.807) is 4.31 Å². The summed E-state index contributed by atoms with van der Waals surface area (Å²) < 4.78 is 30.6. The lowest BCUT2D eigenvalue weighted by Gasteiger charge is -2.35. The first-order chi connectivity index (χ1) is 8.64. The molecule has 0 amide bonds. The second-order valence-corrected chi connectivity index (χ2v) is 7.74. The van der Waals surface area contributed by atoms with E-state index in [1.807, 2.05) is 0 Å². The van der Waals surface area contributed by atoms with Gasteiger partial charge in [-0.05, 0) is 25.7 Å². The molecular formula is C11H15N3O3S. The van der Waals surface area contributed by atoms with Gasteiger partial charge in [-0.25, -0.2) is 8.42 Å². The molecule has 0 radical (unpaired) electrons. The molecule has 0 bridgehead atoms. The van der Waals surface area contributed by atoms with E-state index in [2.05, 4.69) is 10.1 Å². The molecule has 7 heteroatoms. The third-order valence-electron chi connectivity index (χ3n) is 3.90. The predicted molar refractivity (Wildman–Crippen MR) is 62.5 cm³/mol. The highest BCUT2D eigenvalue weighted by Crippen LogP contribution is 2.40. The summed E-state index contributed by atoms with van der Waals surface area (Å²) in [6, 6.07) is 0. The maximum absolute atomic E-state index is 11.9. The summed E-state index contributed by atoms with van der Waals surface area (Å²) in [5, 5.41) is 3.84. The Morgan fingerprint density at radius 1 is 1.11 bits per heavy atom. The molecule has 6 nitrogen and oxygen atoms in total. The fraction of sp³-hybridized carbons (Fsp3) is 0.818. The Hall–Kier alpha value is -0.950. The van der Waals surface area contributed by atoms with Crippen molar-refractivity contribution < 1.29 is 12.9 Å². The van der Waals surface area contributed by atoms with E-state index in [4.69, 9.17) is 4.52 Å². The van der Waals surface area contributed by atoms with Crippen LogP contribution in [-0.4, -0.2) is 41.2 Å². The van der Waals surface area contributed by atoms with Crippen LogP contribution in [0.2, 0.25) is 0 Å². The smallest absolute Gasteiger partial charge is 0.232 e. The molecule has 18 heavy (non-hydrogen) atoms. The van der Waals surface area contributed by atoms with Crippen molar-refractivity contribution in [2.45, 2.75) is 42.8 Å². The normalized spacial score (nSPS) is 26.2. The van der Waals surface area contributed by atoms with Crippen LogP contribution in [0.15, 0.2) is 4.52 Å². The second kappa shape index (κ2) is 3.54. The highest BCUT2D eigenvalue weighted by Gasteiger charge is 2.47. The van der Waals surface area contributed by atoms with Gasteiger partial charge in [0.05, 0.1) is 11.2 Å². The van der Waals surface area contributed by atoms with Crippen molar-refractivity contribution in [3.63, 3.8) is 0 Å². The Morgan fingerprint density at radius 3 is 2.44 bits per heavy atom. The van der Waals surface area contributed by atoms with E-state index in [0.29, 0.717) is 24.9 Å². The van der Waals surface area contributed by atoms with Gasteiger partial charge in [-0.2, -0.15) is 9.29 Å². The SMILES string of the molecule is O=S(=O)(C1CC1)N1CC(c2nc(C3CC3)no2)C1. The maximum atomic E-state index is 11.9. The van der Waals surface area contributed by atoms with E-state index >= 15 is 0 Å². The zero-order valence-electron chi connectivity index (χ0n) is 9.95. The Kier molecular flexibility index (Phi) is 2.15. The second-order valence-electron chi connectivity index (χ2n) is 5.52. The fourth-order valence-corrected chi connectivity index (χ4v) is 4.23. The van der Waals surface area contributed by atoms with Crippen LogP contribution >= 0.6 is 0 Å². The van der Waals surface area contributed by atoms with E-state index in [-0.39, 0.29) is 11.2 Å². The molecule has 98 valence electrons. The molecule has 1 aromatic rings. The number of hydrogen-bond acceptors (Lipinski definition) is 5. The largest absolute Gasteiger partial charge is 0.339 e. The molecule has 1 aliphatic heterocycles. The molecule has 0 unspecified atom stereocenters. The zero-order valence-corrected chi connectivity index (χ0v) is 10.8. The van der Waals surface area contributed by atoms with Crippen LogP contribution < -0.4 is 0 Å². The van der Waals surface area contributed by atoms with Crippen molar-refractivity contribution in [1.82, 2.24) is 14.4 Å². The van der Waals surface area contributed by atoms with Crippen molar-refractivity contribution >= 4 is 10.0 Å². The van der Waals surface area contributed by atoms with Crippen LogP contribution in [-0.2, 0) is 10.0 Å². The quantitative estimate of drug-likeness (QED) is 0.809. The van der Waals surface area contributed by atoms with E-state index in [1.165, 1.54) is 0 Å². The van der Waals surface area contributed by atoms with Crippen molar-refractivity contribution in [3.8, 4) is 0 Å². The van der Waals surface area contributed by atoms with Gasteiger partial charge in [-0.3, -0.25) is 0 Å². The van der Waals surface area contributed by atoms with E-state index in [9.17, 15) is 8.42 Å². The lowest BCUT2D eigenvalue weighted by Crippen LogP contribution is -2.49. The Balaban J connectivity index is 1.43. The van der Waals surface area contributed by atoms with E-state index in [0.717, 1.165) is 31.5 Å². The predicted octanol–water partition coefficient (Wildman–Crippen LogP) is 0.838. The molecule has 0 atom stereocenters. The number of hydrogen-bond donors (Lipinski definition) is 0. The van der Waals surface area contributed by atoms with Crippen molar-refractivity contribution in [3.05, 3.63) is 11.7 Å². The lowest BCUT2D eigenvalue weighted by atomic mass is 10.0. The highest BCUT2D eigenvalue weighted by molar-refractivity contribution is 7.90. The monoisotopic (exact) mass is 269 g/mol. The topological polar surface area (TPSA) is 76.3 Å². The molecule has 0 N–H and O–H groups in total. The third-order valence-corrected chi connectivity index (χ3v) is 6.23. The minimum Gasteiger partial charge on any atom is -0.339 e. The summed E-state index contributed by atoms with van der Waals surface area (Å²) in [5.41, 5.74) is 0. The van der Waals surface area contributed by atoms with Crippen LogP contribution in [0.1, 0.15) is 49.2 Å². The van der Waals surface area contributed by atoms with Gasteiger partial charge in [-0.15, -0.1) is 0 Å². The first kappa shape index (κ1) is 10.9. The Labute approximate surface area is 105 Å². The van der Waals surface area contributed by atoms with Gasteiger partial charge in [-0.1, -0.05) is 5.16 Å². The molecule has 2 heterocycles. The molecule has 2 aliphatic carbocycles. The van der Waals surface area contributed by atoms with Gasteiger partial charge in [0.1, 0.15) is 0 Å². The molecular weight excluding hydrogens is 254 g/mol. The number of nitrogens with zero attached hydrogens (tertiary/aromatic N) is 3. The summed E-state index contributed by atoms with van der Waals surface area (Å²) in [7, 11) is -3.02. The maximum Gasteiger partial charge on any atom is 0.232 e. The molecule has 4 rings (SSSR count). The molecule has 3 aliphatic rings. The average Bonchev–Trinajstić information content (AvgIpc) is 3.15. The molecule has 1 aromatic heterocycles. The Morgan fingerprint density at radius 2 is 1.83 bits per heavy atom. The number of aromatic nitrogens is 2. The fourth-order valence-electron chi connectivity index (χ4n) is 2.30. The highest BCUT2D eigenvalue weighted by atomic mass is 32.2. The number of sulfonamides is 1. The third kappa shape index (κ3) is 1.68. The lowest BCUT2D eigenvalue weighted by molar-refractivity contribution is 0.216. The van der Waals surface area contributed by atoms with Crippen molar-refractivity contribution in [1.29, 1.82) is 0 Å². The summed E-state index contributed by atoms with van der Waals surface area (Å²) in [6.45, 7) is 1.01. The minimum absolute atomic E-state index is 0.0959. The minimum atomic E-state index is -3.02. The van der Waals surface area contributed by atoms with Gasteiger partial charge in [0, 0.05) is 19.0 Å². The van der Waals surface area contributed by atoms with Crippen LogP contribution in [0.25, 0.3) is 0 Å². The number of rotatable bonds is 4. The van der Waals surface area contributed by atoms with Crippen molar-refractivity contribution in [2.24, 2.45) is 0 Å². The van der Waals surface area contributed by atoms with Crippen molar-refractivity contribution in [2.75, 3.05) is 13.1 Å². The Bertz CT molecular complexity index is 568. The average molecular weight is 269 g/mol. The van der Waals surface area contributed by atoms with Crippen LogP contribution in [0.5, 0.6) is 0 Å². The van der Waals surface area contributed by atoms with Gasteiger partial charge in [0.2, 0.25) is 15.9 Å². The van der Waals surface area contributed by atoms with Gasteiger partial charge in [0.25, 0.3) is 0 Å². The van der Waals surface area contributed by atoms with Crippen LogP contribution in [0, 0.1) is 0 Å². The van der Waals surface area contributed by atoms with Crippen LogP contribution in [0.4, 0.5) is 0 Å². The standard InChI is InChI=1S/C11H15N3O3S/c15-18(16,9-3-4-9)14-5-8(6-14)11-12-10(13-17-11)7-1-2-7/h7-9H,1-6H2. The first-order valence-corrected chi connectivity index (χ1v) is 7.97. The molecule has 2 saturated carbocycles. The van der Waals surface area contributed by atoms with Gasteiger partial charge >= 0.3 is 0 Å². The zero-order chi connectivity index (χ0) is 12.3. The summed E-state index contributed by atoms with van der Waals surface area (Å²) in [4.78, 5) is 4.37. The summed E-state index contributed by atoms with van der Waals surface area (Å²) >= 11 is 0. The molecule has 1 saturated heterocycles. The molecule has 0 spiro atoms. The summed E-state index contributed by atoms with van der Waals surface area (Å²) in [5.74, 6) is 1.99.